The zero-order chi connectivity index (χ0) is 35.1. The van der Waals surface area contributed by atoms with Gasteiger partial charge in [-0.1, -0.05) is 126 Å². The van der Waals surface area contributed by atoms with Crippen molar-refractivity contribution in [3.63, 3.8) is 0 Å². The van der Waals surface area contributed by atoms with Crippen LogP contribution in [0.5, 0.6) is 0 Å². The molecule has 0 aliphatic carbocycles. The van der Waals surface area contributed by atoms with Gasteiger partial charge in [-0.2, -0.15) is 0 Å². The molecule has 0 aliphatic rings. The van der Waals surface area contributed by atoms with Crippen LogP contribution >= 0.6 is 0 Å². The molecule has 3 aromatic heterocycles. The lowest BCUT2D eigenvalue weighted by atomic mass is 9.87. The second-order valence-electron chi connectivity index (χ2n) is 16.9. The molecule has 48 heavy (non-hydrogen) atoms. The lowest BCUT2D eigenvalue weighted by molar-refractivity contribution is 0.587. The summed E-state index contributed by atoms with van der Waals surface area (Å²) in [5, 5.41) is 0. The van der Waals surface area contributed by atoms with Gasteiger partial charge in [-0.15, -0.1) is 0 Å². The van der Waals surface area contributed by atoms with E-state index >= 15 is 0 Å². The Balaban J connectivity index is 1.66. The second-order valence-corrected chi connectivity index (χ2v) is 16.9. The summed E-state index contributed by atoms with van der Waals surface area (Å²) in [6, 6.07) is 32.2. The molecule has 2 aromatic carbocycles. The molecule has 3 heterocycles. The number of hydrogen-bond acceptors (Lipinski definition) is 5. The standard InChI is InChI=1S/C43H53N5/c1-40(2,3)30-16-22-34(23-17-30)47(36-26-20-32(28-44-36)42(7,8)9)38-14-13-15-39(46-38)48(35-24-18-31(19-25-35)41(4,5)6)37-27-21-33(29-45-37)43(10,11)12/h13-29H,1-12H3. The highest BCUT2D eigenvalue weighted by Crippen LogP contribution is 2.39. The van der Waals surface area contributed by atoms with E-state index in [1.165, 1.54) is 22.3 Å². The van der Waals surface area contributed by atoms with Crippen molar-refractivity contribution < 1.29 is 0 Å². The Bertz CT molecular complexity index is 1560. The van der Waals surface area contributed by atoms with E-state index in [0.29, 0.717) is 0 Å². The summed E-state index contributed by atoms with van der Waals surface area (Å²) >= 11 is 0. The Morgan fingerprint density at radius 1 is 0.354 bits per heavy atom. The van der Waals surface area contributed by atoms with Crippen molar-refractivity contribution in [3.05, 3.63) is 126 Å². The quantitative estimate of drug-likeness (QED) is 0.185. The minimum absolute atomic E-state index is 0.00145. The van der Waals surface area contributed by atoms with Gasteiger partial charge in [0.2, 0.25) is 0 Å². The summed E-state index contributed by atoms with van der Waals surface area (Å²) in [4.78, 5) is 19.6. The average Bonchev–Trinajstić information content (AvgIpc) is 3.01. The fourth-order valence-electron chi connectivity index (χ4n) is 5.57. The van der Waals surface area contributed by atoms with E-state index in [-0.39, 0.29) is 21.7 Å². The van der Waals surface area contributed by atoms with Crippen molar-refractivity contribution in [1.29, 1.82) is 0 Å². The lowest BCUT2D eigenvalue weighted by Crippen LogP contribution is -2.19. The molecule has 5 rings (SSSR count). The minimum Gasteiger partial charge on any atom is -0.279 e. The van der Waals surface area contributed by atoms with Crippen molar-refractivity contribution in [2.24, 2.45) is 0 Å². The van der Waals surface area contributed by atoms with Crippen LogP contribution in [0.4, 0.5) is 34.6 Å². The van der Waals surface area contributed by atoms with Gasteiger partial charge in [-0.3, -0.25) is 9.80 Å². The summed E-state index contributed by atoms with van der Waals surface area (Å²) in [7, 11) is 0. The first kappa shape index (κ1) is 34.8. The molecule has 5 nitrogen and oxygen atoms in total. The zero-order valence-electron chi connectivity index (χ0n) is 31.1. The van der Waals surface area contributed by atoms with Crippen molar-refractivity contribution in [2.75, 3.05) is 9.80 Å². The summed E-state index contributed by atoms with van der Waals surface area (Å²) in [5.41, 5.74) is 7.02. The first-order valence-electron chi connectivity index (χ1n) is 17.0. The third-order valence-corrected chi connectivity index (χ3v) is 8.85. The van der Waals surface area contributed by atoms with Crippen LogP contribution < -0.4 is 9.80 Å². The molecule has 0 unspecified atom stereocenters. The molecule has 0 fully saturated rings. The Kier molecular flexibility index (Phi) is 9.31. The highest BCUT2D eigenvalue weighted by Gasteiger charge is 2.23. The Labute approximate surface area is 289 Å². The van der Waals surface area contributed by atoms with Crippen LogP contribution in [0.25, 0.3) is 0 Å². The summed E-state index contributed by atoms with van der Waals surface area (Å²) in [6.07, 6.45) is 3.97. The normalized spacial score (nSPS) is 12.6. The van der Waals surface area contributed by atoms with Gasteiger partial charge in [-0.05, 0) is 92.4 Å². The zero-order valence-corrected chi connectivity index (χ0v) is 31.1. The maximum atomic E-state index is 5.34. The van der Waals surface area contributed by atoms with Crippen molar-refractivity contribution >= 4 is 34.6 Å². The number of nitrogens with zero attached hydrogens (tertiary/aromatic N) is 5. The van der Waals surface area contributed by atoms with Gasteiger partial charge < -0.3 is 0 Å². The molecule has 250 valence electrons. The van der Waals surface area contributed by atoms with E-state index in [2.05, 4.69) is 184 Å². The van der Waals surface area contributed by atoms with Crippen LogP contribution in [0, 0.1) is 0 Å². The first-order valence-corrected chi connectivity index (χ1v) is 17.0. The smallest absolute Gasteiger partial charge is 0.141 e. The Morgan fingerprint density at radius 3 is 0.938 bits per heavy atom. The third-order valence-electron chi connectivity index (χ3n) is 8.85. The number of hydrogen-bond donors (Lipinski definition) is 0. The minimum atomic E-state index is 0.00145. The first-order chi connectivity index (χ1) is 22.3. The van der Waals surface area contributed by atoms with Gasteiger partial charge in [0, 0.05) is 23.8 Å². The van der Waals surface area contributed by atoms with Gasteiger partial charge in [0.05, 0.1) is 0 Å². The summed E-state index contributed by atoms with van der Waals surface area (Å²) in [5.74, 6) is 3.17. The fourth-order valence-corrected chi connectivity index (χ4v) is 5.57. The molecule has 0 bridgehead atoms. The van der Waals surface area contributed by atoms with Crippen molar-refractivity contribution in [3.8, 4) is 0 Å². The second kappa shape index (κ2) is 12.8. The van der Waals surface area contributed by atoms with Crippen LogP contribution in [-0.4, -0.2) is 15.0 Å². The molecule has 5 aromatic rings. The number of aromatic nitrogens is 3. The predicted octanol–water partition coefficient (Wildman–Crippen LogP) is 12.0. The molecular weight excluding hydrogens is 587 g/mol. The van der Waals surface area contributed by atoms with E-state index in [1.54, 1.807) is 0 Å². The molecule has 0 N–H and O–H groups in total. The van der Waals surface area contributed by atoms with Gasteiger partial charge in [0.1, 0.15) is 23.3 Å². The number of rotatable bonds is 6. The van der Waals surface area contributed by atoms with Gasteiger partial charge in [-0.25, -0.2) is 15.0 Å². The van der Waals surface area contributed by atoms with Crippen LogP contribution in [0.15, 0.2) is 103 Å². The van der Waals surface area contributed by atoms with E-state index in [4.69, 9.17) is 15.0 Å². The number of benzene rings is 2. The molecule has 0 atom stereocenters. The highest BCUT2D eigenvalue weighted by atomic mass is 15.3. The Hall–Kier alpha value is -4.51. The van der Waals surface area contributed by atoms with E-state index < -0.39 is 0 Å². The van der Waals surface area contributed by atoms with Gasteiger partial charge >= 0.3 is 0 Å². The maximum Gasteiger partial charge on any atom is 0.141 e. The third kappa shape index (κ3) is 7.78. The predicted molar refractivity (Wildman–Crippen MR) is 204 cm³/mol. The summed E-state index contributed by atoms with van der Waals surface area (Å²) < 4.78 is 0. The van der Waals surface area contributed by atoms with Crippen LogP contribution in [0.3, 0.4) is 0 Å². The molecule has 5 heteroatoms. The van der Waals surface area contributed by atoms with E-state index in [9.17, 15) is 0 Å². The van der Waals surface area contributed by atoms with Crippen LogP contribution in [-0.2, 0) is 21.7 Å². The van der Waals surface area contributed by atoms with Crippen molar-refractivity contribution in [1.82, 2.24) is 15.0 Å². The average molecular weight is 640 g/mol. The summed E-state index contributed by atoms with van der Waals surface area (Å²) in [6.45, 7) is 26.7. The maximum absolute atomic E-state index is 5.34. The van der Waals surface area contributed by atoms with Gasteiger partial charge in [0.15, 0.2) is 0 Å². The monoisotopic (exact) mass is 639 g/mol. The number of pyridine rings is 3. The fraction of sp³-hybridized carbons (Fsp3) is 0.372. The Morgan fingerprint density at radius 2 is 0.667 bits per heavy atom. The molecular formula is C43H53N5. The topological polar surface area (TPSA) is 45.2 Å². The molecule has 0 amide bonds. The molecule has 0 aliphatic heterocycles. The molecule has 0 spiro atoms. The number of anilines is 6. The van der Waals surface area contributed by atoms with Crippen LogP contribution in [0.2, 0.25) is 0 Å². The largest absolute Gasteiger partial charge is 0.279 e. The van der Waals surface area contributed by atoms with E-state index in [0.717, 1.165) is 34.6 Å². The highest BCUT2D eigenvalue weighted by molar-refractivity contribution is 5.77. The van der Waals surface area contributed by atoms with Crippen LogP contribution in [0.1, 0.15) is 105 Å². The van der Waals surface area contributed by atoms with E-state index in [1.807, 2.05) is 12.4 Å². The molecule has 0 radical (unpaired) electrons. The molecule has 0 saturated carbocycles. The lowest BCUT2D eigenvalue weighted by Gasteiger charge is -2.29. The molecule has 0 saturated heterocycles. The SMILES string of the molecule is CC(C)(C)c1ccc(N(c2ccc(C(C)(C)C)cn2)c2cccc(N(c3ccc(C(C)(C)C)cc3)c3ccc(C(C)(C)C)cn3)n2)cc1. The van der Waals surface area contributed by atoms with Gasteiger partial charge in [0.25, 0.3) is 0 Å². The van der Waals surface area contributed by atoms with Crippen molar-refractivity contribution in [2.45, 2.75) is 105 Å².